The van der Waals surface area contributed by atoms with E-state index in [1.807, 2.05) is 12.1 Å². The van der Waals surface area contributed by atoms with E-state index in [2.05, 4.69) is 16.3 Å². The number of nitriles is 1. The number of nitrogens with one attached hydrogen (secondary N) is 1. The van der Waals surface area contributed by atoms with Gasteiger partial charge in [-0.2, -0.15) is 5.26 Å². The van der Waals surface area contributed by atoms with Crippen molar-refractivity contribution in [3.8, 4) is 6.07 Å². The van der Waals surface area contributed by atoms with Crippen LogP contribution in [0.1, 0.15) is 5.56 Å². The number of benzene rings is 2. The fourth-order valence-electron chi connectivity index (χ4n) is 2.29. The van der Waals surface area contributed by atoms with Gasteiger partial charge in [0, 0.05) is 18.8 Å². The van der Waals surface area contributed by atoms with Gasteiger partial charge in [0.05, 0.1) is 23.0 Å². The minimum Gasteiger partial charge on any atom is -0.382 e. The summed E-state index contributed by atoms with van der Waals surface area (Å²) in [6, 6.07) is 14.1. The zero-order valence-corrected chi connectivity index (χ0v) is 10.2. The van der Waals surface area contributed by atoms with Crippen molar-refractivity contribution in [2.24, 2.45) is 0 Å². The molecule has 0 radical (unpaired) electrons. The quantitative estimate of drug-likeness (QED) is 0.847. The third-order valence-electron chi connectivity index (χ3n) is 3.21. The highest BCUT2D eigenvalue weighted by Crippen LogP contribution is 2.35. The molecule has 3 rings (SSSR count). The van der Waals surface area contributed by atoms with Gasteiger partial charge >= 0.3 is 0 Å². The molecule has 0 saturated carbocycles. The predicted molar refractivity (Wildman–Crippen MR) is 73.1 cm³/mol. The summed E-state index contributed by atoms with van der Waals surface area (Å²) in [5.74, 6) is -0.245. The summed E-state index contributed by atoms with van der Waals surface area (Å²) >= 11 is 0. The zero-order valence-electron chi connectivity index (χ0n) is 10.2. The Kier molecular flexibility index (Phi) is 2.81. The largest absolute Gasteiger partial charge is 0.382 e. The molecule has 19 heavy (non-hydrogen) atoms. The van der Waals surface area contributed by atoms with Crippen molar-refractivity contribution in [2.45, 2.75) is 0 Å². The highest BCUT2D eigenvalue weighted by atomic mass is 19.1. The third-order valence-corrected chi connectivity index (χ3v) is 3.21. The molecule has 0 fully saturated rings. The van der Waals surface area contributed by atoms with E-state index in [9.17, 15) is 4.39 Å². The van der Waals surface area contributed by atoms with Gasteiger partial charge in [-0.15, -0.1) is 0 Å². The highest BCUT2D eigenvalue weighted by molar-refractivity contribution is 5.79. The van der Waals surface area contributed by atoms with Crippen LogP contribution in [0.25, 0.3) is 0 Å². The molecule has 94 valence electrons. The Hall–Kier alpha value is -2.54. The molecular formula is C15H12FN3. The maximum Gasteiger partial charge on any atom is 0.123 e. The van der Waals surface area contributed by atoms with Crippen LogP contribution < -0.4 is 10.2 Å². The van der Waals surface area contributed by atoms with Gasteiger partial charge in [0.1, 0.15) is 5.82 Å². The molecule has 0 spiro atoms. The van der Waals surface area contributed by atoms with Crippen LogP contribution in [0.4, 0.5) is 21.5 Å². The van der Waals surface area contributed by atoms with E-state index in [-0.39, 0.29) is 5.82 Å². The Morgan fingerprint density at radius 2 is 1.95 bits per heavy atom. The predicted octanol–water partition coefficient (Wildman–Crippen LogP) is 3.26. The molecule has 3 nitrogen and oxygen atoms in total. The van der Waals surface area contributed by atoms with Gasteiger partial charge in [0.2, 0.25) is 0 Å². The molecule has 0 aromatic heterocycles. The van der Waals surface area contributed by atoms with E-state index in [0.717, 1.165) is 30.2 Å². The van der Waals surface area contributed by atoms with E-state index in [1.54, 1.807) is 18.2 Å². The first-order valence-corrected chi connectivity index (χ1v) is 6.09. The Balaban J connectivity index is 2.06. The van der Waals surface area contributed by atoms with Crippen LogP contribution in [0.5, 0.6) is 0 Å². The summed E-state index contributed by atoms with van der Waals surface area (Å²) in [4.78, 5) is 2.09. The van der Waals surface area contributed by atoms with Gasteiger partial charge < -0.3 is 10.2 Å². The molecule has 0 amide bonds. The number of nitrogens with zero attached hydrogens (tertiary/aromatic N) is 2. The lowest BCUT2D eigenvalue weighted by molar-refractivity contribution is 0.627. The standard InChI is InChI=1S/C15H12FN3/c16-12-2-4-13(5-3-12)19-8-7-18-14-6-1-11(10-17)9-15(14)19/h1-6,9,18H,7-8H2. The van der Waals surface area contributed by atoms with Crippen molar-refractivity contribution in [3.05, 3.63) is 53.8 Å². The minimum atomic E-state index is -0.245. The van der Waals surface area contributed by atoms with Gasteiger partial charge in [-0.1, -0.05) is 0 Å². The number of hydrogen-bond donors (Lipinski definition) is 1. The van der Waals surface area contributed by atoms with Crippen molar-refractivity contribution in [1.82, 2.24) is 0 Å². The summed E-state index contributed by atoms with van der Waals surface area (Å²) in [6.07, 6.45) is 0. The van der Waals surface area contributed by atoms with Crippen molar-refractivity contribution in [1.29, 1.82) is 5.26 Å². The topological polar surface area (TPSA) is 39.1 Å². The summed E-state index contributed by atoms with van der Waals surface area (Å²) in [5, 5.41) is 12.3. The number of halogens is 1. The average molecular weight is 253 g/mol. The van der Waals surface area contributed by atoms with Gasteiger partial charge in [-0.25, -0.2) is 4.39 Å². The lowest BCUT2D eigenvalue weighted by Crippen LogP contribution is -2.30. The van der Waals surface area contributed by atoms with Gasteiger partial charge in [-0.05, 0) is 42.5 Å². The maximum atomic E-state index is 13.0. The molecule has 1 N–H and O–H groups in total. The molecule has 4 heteroatoms. The summed E-state index contributed by atoms with van der Waals surface area (Å²) in [6.45, 7) is 1.60. The molecule has 0 atom stereocenters. The lowest BCUT2D eigenvalue weighted by atomic mass is 10.1. The van der Waals surface area contributed by atoms with E-state index in [0.29, 0.717) is 5.56 Å². The van der Waals surface area contributed by atoms with Crippen LogP contribution in [0.3, 0.4) is 0 Å². The van der Waals surface area contributed by atoms with Gasteiger partial charge in [0.15, 0.2) is 0 Å². The Morgan fingerprint density at radius 1 is 1.16 bits per heavy atom. The summed E-state index contributed by atoms with van der Waals surface area (Å²) < 4.78 is 13.0. The molecule has 0 saturated heterocycles. The monoisotopic (exact) mass is 253 g/mol. The fourth-order valence-corrected chi connectivity index (χ4v) is 2.29. The number of rotatable bonds is 1. The Labute approximate surface area is 110 Å². The van der Waals surface area contributed by atoms with Crippen LogP contribution in [-0.4, -0.2) is 13.1 Å². The van der Waals surface area contributed by atoms with Crippen molar-refractivity contribution < 1.29 is 4.39 Å². The van der Waals surface area contributed by atoms with E-state index < -0.39 is 0 Å². The molecule has 1 aliphatic rings. The van der Waals surface area contributed by atoms with Crippen LogP contribution >= 0.6 is 0 Å². The average Bonchev–Trinajstić information content (AvgIpc) is 2.47. The molecule has 2 aromatic rings. The van der Waals surface area contributed by atoms with Crippen LogP contribution in [0, 0.1) is 17.1 Å². The molecular weight excluding hydrogens is 241 g/mol. The summed E-state index contributed by atoms with van der Waals surface area (Å²) in [7, 11) is 0. The van der Waals surface area contributed by atoms with Gasteiger partial charge in [-0.3, -0.25) is 0 Å². The summed E-state index contributed by atoms with van der Waals surface area (Å²) in [5.41, 5.74) is 3.50. The Morgan fingerprint density at radius 3 is 2.68 bits per heavy atom. The SMILES string of the molecule is N#Cc1ccc2c(c1)N(c1ccc(F)cc1)CCN2. The molecule has 1 aliphatic heterocycles. The molecule has 1 heterocycles. The number of anilines is 3. The minimum absolute atomic E-state index is 0.245. The molecule has 0 aliphatic carbocycles. The third kappa shape index (κ3) is 2.11. The normalized spacial score (nSPS) is 13.4. The van der Waals surface area contributed by atoms with Gasteiger partial charge in [0.25, 0.3) is 0 Å². The highest BCUT2D eigenvalue weighted by Gasteiger charge is 2.18. The first-order valence-electron chi connectivity index (χ1n) is 6.09. The Bertz CT molecular complexity index is 643. The van der Waals surface area contributed by atoms with Crippen LogP contribution in [0.2, 0.25) is 0 Å². The van der Waals surface area contributed by atoms with Crippen molar-refractivity contribution in [3.63, 3.8) is 0 Å². The molecule has 2 aromatic carbocycles. The fraction of sp³-hybridized carbons (Fsp3) is 0.133. The first kappa shape index (κ1) is 11.5. The van der Waals surface area contributed by atoms with Crippen LogP contribution in [0.15, 0.2) is 42.5 Å². The van der Waals surface area contributed by atoms with Crippen LogP contribution in [-0.2, 0) is 0 Å². The van der Waals surface area contributed by atoms with Crippen molar-refractivity contribution in [2.75, 3.05) is 23.3 Å². The van der Waals surface area contributed by atoms with E-state index in [4.69, 9.17) is 5.26 Å². The number of fused-ring (bicyclic) bond motifs is 1. The van der Waals surface area contributed by atoms with E-state index in [1.165, 1.54) is 12.1 Å². The number of hydrogen-bond acceptors (Lipinski definition) is 3. The maximum absolute atomic E-state index is 13.0. The smallest absolute Gasteiger partial charge is 0.123 e. The first-order chi connectivity index (χ1) is 9.28. The lowest BCUT2D eigenvalue weighted by Gasteiger charge is -2.32. The zero-order chi connectivity index (χ0) is 13.2. The second kappa shape index (κ2) is 4.62. The second-order valence-corrected chi connectivity index (χ2v) is 4.40. The molecule has 0 unspecified atom stereocenters. The second-order valence-electron chi connectivity index (χ2n) is 4.40. The molecule has 0 bridgehead atoms. The van der Waals surface area contributed by atoms with Crippen molar-refractivity contribution >= 4 is 17.1 Å². The van der Waals surface area contributed by atoms with E-state index >= 15 is 0 Å².